The summed E-state index contributed by atoms with van der Waals surface area (Å²) in [4.78, 5) is 1.99. The van der Waals surface area contributed by atoms with Gasteiger partial charge in [0.15, 0.2) is 11.5 Å². The molecule has 2 heterocycles. The summed E-state index contributed by atoms with van der Waals surface area (Å²) >= 11 is 0. The minimum Gasteiger partial charge on any atom is -0.504 e. The van der Waals surface area contributed by atoms with Gasteiger partial charge in [0.05, 0.1) is 5.60 Å². The summed E-state index contributed by atoms with van der Waals surface area (Å²) < 4.78 is 48.3. The Balaban J connectivity index is 1.47. The van der Waals surface area contributed by atoms with E-state index in [9.17, 15) is 13.0 Å². The molecule has 5 aliphatic carbocycles. The van der Waals surface area contributed by atoms with Crippen LogP contribution in [0.15, 0.2) is 12.1 Å². The molecule has 186 valence electrons. The van der Waals surface area contributed by atoms with Gasteiger partial charge in [-0.3, -0.25) is 4.90 Å². The van der Waals surface area contributed by atoms with Crippen molar-refractivity contribution in [2.24, 2.45) is 22.7 Å². The number of phenols is 1. The fourth-order valence-electron chi connectivity index (χ4n) is 9.14. The SMILES string of the molecule is [2H]C1([2H])CC1C([2H])([2H])N1CC[C@]23c4c5ccc(O)c4O[C@H]2C2(OC)CC[C@]3(C[C@@H]2[C@](C)(O)C(C)(C)C)[C@H]1C5. The van der Waals surface area contributed by atoms with Crippen molar-refractivity contribution in [2.45, 2.75) is 101 Å². The highest BCUT2D eigenvalue weighted by Gasteiger charge is 2.82. The lowest BCUT2D eigenvalue weighted by atomic mass is 9.33. The van der Waals surface area contributed by atoms with E-state index < -0.39 is 52.3 Å². The lowest BCUT2D eigenvalue weighted by Gasteiger charge is -2.75. The first-order valence-corrected chi connectivity index (χ1v) is 13.1. The molecule has 1 aromatic rings. The maximum absolute atomic E-state index is 12.2. The summed E-state index contributed by atoms with van der Waals surface area (Å²) in [6, 6.07) is 3.50. The highest BCUT2D eigenvalue weighted by atomic mass is 16.6. The molecule has 8 rings (SSSR count). The molecule has 2 unspecified atom stereocenters. The van der Waals surface area contributed by atoms with E-state index in [0.29, 0.717) is 38.0 Å². The third kappa shape index (κ3) is 2.25. The largest absolute Gasteiger partial charge is 0.504 e. The average Bonchev–Trinajstić information content (AvgIpc) is 3.33. The van der Waals surface area contributed by atoms with E-state index in [2.05, 4.69) is 20.8 Å². The van der Waals surface area contributed by atoms with Crippen molar-refractivity contribution in [1.82, 2.24) is 4.90 Å². The van der Waals surface area contributed by atoms with Gasteiger partial charge < -0.3 is 19.7 Å². The predicted octanol–water partition coefficient (Wildman–Crippen LogP) is 4.41. The van der Waals surface area contributed by atoms with Crippen LogP contribution in [0.3, 0.4) is 0 Å². The van der Waals surface area contributed by atoms with Crippen molar-refractivity contribution < 1.29 is 25.2 Å². The monoisotopic (exact) mass is 471 g/mol. The van der Waals surface area contributed by atoms with Gasteiger partial charge in [0.1, 0.15) is 11.7 Å². The lowest BCUT2D eigenvalue weighted by Crippen LogP contribution is -2.83. The second kappa shape index (κ2) is 6.33. The molecule has 0 aromatic heterocycles. The number of hydrogen-bond donors (Lipinski definition) is 2. The number of hydrogen-bond acceptors (Lipinski definition) is 5. The fraction of sp³-hybridized carbons (Fsp3) is 0.793. The molecular formula is C29H41NO4. The Kier molecular flexibility index (Phi) is 3.36. The molecule has 5 heteroatoms. The van der Waals surface area contributed by atoms with Crippen LogP contribution in [-0.2, 0) is 16.6 Å². The highest BCUT2D eigenvalue weighted by Crippen LogP contribution is 2.78. The number of aromatic hydroxyl groups is 1. The van der Waals surface area contributed by atoms with Gasteiger partial charge in [-0.05, 0) is 81.3 Å². The molecule has 2 spiro atoms. The smallest absolute Gasteiger partial charge is 0.165 e. The average molecular weight is 472 g/mol. The Morgan fingerprint density at radius 1 is 1.26 bits per heavy atom. The first-order valence-electron chi connectivity index (χ1n) is 15.1. The second-order valence-corrected chi connectivity index (χ2v) is 13.1. The number of fused-ring (bicyclic) bond motifs is 2. The number of methoxy groups -OCH3 is 1. The van der Waals surface area contributed by atoms with Gasteiger partial charge in [-0.15, -0.1) is 0 Å². The molecule has 1 saturated heterocycles. The molecule has 2 aliphatic heterocycles. The molecule has 0 amide bonds. The summed E-state index contributed by atoms with van der Waals surface area (Å²) in [6.45, 7) is 6.82. The van der Waals surface area contributed by atoms with E-state index in [1.165, 1.54) is 0 Å². The van der Waals surface area contributed by atoms with Crippen LogP contribution in [-0.4, -0.2) is 58.6 Å². The van der Waals surface area contributed by atoms with Crippen LogP contribution in [0.4, 0.5) is 0 Å². The van der Waals surface area contributed by atoms with E-state index in [0.717, 1.165) is 17.5 Å². The Labute approximate surface area is 209 Å². The summed E-state index contributed by atoms with van der Waals surface area (Å²) in [5.41, 5.74) is -0.956. The molecular weight excluding hydrogens is 426 g/mol. The number of likely N-dealkylation sites (tertiary alicyclic amines) is 1. The van der Waals surface area contributed by atoms with Crippen LogP contribution in [0.25, 0.3) is 0 Å². The van der Waals surface area contributed by atoms with E-state index in [4.69, 9.17) is 12.2 Å². The van der Waals surface area contributed by atoms with Crippen molar-refractivity contribution in [2.75, 3.05) is 20.2 Å². The third-order valence-corrected chi connectivity index (χ3v) is 11.3. The normalized spacial score (nSPS) is 49.1. The summed E-state index contributed by atoms with van der Waals surface area (Å²) in [7, 11) is 1.73. The molecule has 5 fully saturated rings. The Bertz CT molecular complexity index is 1230. The van der Waals surface area contributed by atoms with E-state index in [1.807, 2.05) is 17.9 Å². The molecule has 5 nitrogen and oxygen atoms in total. The number of aliphatic hydroxyl groups is 1. The Hall–Kier alpha value is -1.30. The fourth-order valence-corrected chi connectivity index (χ4v) is 9.14. The molecule has 4 saturated carbocycles. The highest BCUT2D eigenvalue weighted by molar-refractivity contribution is 5.63. The predicted molar refractivity (Wildman–Crippen MR) is 130 cm³/mol. The minimum absolute atomic E-state index is 0.134. The topological polar surface area (TPSA) is 62.2 Å². The maximum Gasteiger partial charge on any atom is 0.165 e. The molecule has 4 bridgehead atoms. The summed E-state index contributed by atoms with van der Waals surface area (Å²) in [5.74, 6) is -0.225. The maximum atomic E-state index is 12.2. The van der Waals surface area contributed by atoms with E-state index in [1.54, 1.807) is 13.2 Å². The van der Waals surface area contributed by atoms with Gasteiger partial charge in [0, 0.05) is 47.4 Å². The van der Waals surface area contributed by atoms with Gasteiger partial charge >= 0.3 is 0 Å². The van der Waals surface area contributed by atoms with Crippen LogP contribution in [0, 0.1) is 22.7 Å². The Morgan fingerprint density at radius 3 is 2.71 bits per heavy atom. The summed E-state index contributed by atoms with van der Waals surface area (Å²) in [6.07, 6.45) is 1.83. The van der Waals surface area contributed by atoms with Gasteiger partial charge in [-0.1, -0.05) is 26.8 Å². The number of phenolic OH excluding ortho intramolecular Hbond substituents is 1. The standard InChI is InChI=1S/C29H41NO4/c1-25(2,3)26(4,32)20-15-27-10-11-29(20,33-5)24-28(27)12-13-30(16-17-6-7-17)21(27)14-18-8-9-19(31)23(34-24)22(18)28/h8-9,17,20-21,24,31-32H,6-7,10-16H2,1-5H3/t20-,21-,24-,26+,27+,28+,29?/m1/s1/i6D2,16D2/t17?,20-,21-,24-,26+,27+,28+,29?. The summed E-state index contributed by atoms with van der Waals surface area (Å²) in [5, 5.41) is 23.2. The molecule has 0 radical (unpaired) electrons. The van der Waals surface area contributed by atoms with Gasteiger partial charge in [-0.2, -0.15) is 0 Å². The number of rotatable bonds is 4. The zero-order valence-corrected chi connectivity index (χ0v) is 21.1. The zero-order valence-electron chi connectivity index (χ0n) is 25.1. The number of nitrogens with zero attached hydrogens (tertiary/aromatic N) is 1. The number of benzene rings is 1. The van der Waals surface area contributed by atoms with Crippen LogP contribution in [0.2, 0.25) is 0 Å². The van der Waals surface area contributed by atoms with Crippen molar-refractivity contribution in [3.63, 3.8) is 0 Å². The zero-order chi connectivity index (χ0) is 27.5. The van der Waals surface area contributed by atoms with Gasteiger partial charge in [-0.25, -0.2) is 0 Å². The van der Waals surface area contributed by atoms with Crippen molar-refractivity contribution in [3.8, 4) is 11.5 Å². The number of ether oxygens (including phenoxy) is 2. The molecule has 7 aliphatic rings. The minimum atomic E-state index is -1.77. The van der Waals surface area contributed by atoms with Crippen LogP contribution in [0.1, 0.15) is 82.8 Å². The second-order valence-electron chi connectivity index (χ2n) is 13.1. The van der Waals surface area contributed by atoms with E-state index in [-0.39, 0.29) is 24.1 Å². The van der Waals surface area contributed by atoms with Crippen LogP contribution >= 0.6 is 0 Å². The quantitative estimate of drug-likeness (QED) is 0.681. The Morgan fingerprint density at radius 2 is 2.03 bits per heavy atom. The third-order valence-electron chi connectivity index (χ3n) is 11.3. The molecule has 34 heavy (non-hydrogen) atoms. The lowest BCUT2D eigenvalue weighted by molar-refractivity contribution is -0.312. The molecule has 2 N–H and O–H groups in total. The van der Waals surface area contributed by atoms with Gasteiger partial charge in [0.2, 0.25) is 0 Å². The van der Waals surface area contributed by atoms with Crippen molar-refractivity contribution in [1.29, 1.82) is 0 Å². The number of piperidine rings is 1. The van der Waals surface area contributed by atoms with Crippen LogP contribution < -0.4 is 4.74 Å². The first-order chi connectivity index (χ1) is 17.5. The van der Waals surface area contributed by atoms with Crippen molar-refractivity contribution >= 4 is 0 Å². The van der Waals surface area contributed by atoms with Crippen LogP contribution in [0.5, 0.6) is 11.5 Å². The molecule has 1 aromatic carbocycles. The van der Waals surface area contributed by atoms with Crippen molar-refractivity contribution in [3.05, 3.63) is 23.3 Å². The van der Waals surface area contributed by atoms with Gasteiger partial charge in [0.25, 0.3) is 0 Å². The van der Waals surface area contributed by atoms with E-state index >= 15 is 0 Å². The molecule has 8 atom stereocenters. The first kappa shape index (κ1) is 18.0.